The van der Waals surface area contributed by atoms with Gasteiger partial charge in [0.25, 0.3) is 0 Å². The van der Waals surface area contributed by atoms with E-state index in [-0.39, 0.29) is 13.2 Å². The van der Waals surface area contributed by atoms with Crippen LogP contribution in [0.1, 0.15) is 6.92 Å². The molecular formula is C11H23O6S+. The lowest BCUT2D eigenvalue weighted by Crippen LogP contribution is -2.42. The molecule has 6 nitrogen and oxygen atoms in total. The van der Waals surface area contributed by atoms with Gasteiger partial charge in [-0.15, -0.1) is 0 Å². The Morgan fingerprint density at radius 2 is 2.00 bits per heavy atom. The van der Waals surface area contributed by atoms with Gasteiger partial charge in [0, 0.05) is 17.5 Å². The summed E-state index contributed by atoms with van der Waals surface area (Å²) in [5.41, 5.74) is 0. The van der Waals surface area contributed by atoms with Crippen LogP contribution in [-0.2, 0) is 15.6 Å². The summed E-state index contributed by atoms with van der Waals surface area (Å²) in [5.74, 6) is 0.679. The van der Waals surface area contributed by atoms with Gasteiger partial charge in [-0.1, -0.05) is 0 Å². The Labute approximate surface area is 110 Å². The number of ether oxygens (including phenoxy) is 1. The van der Waals surface area contributed by atoms with Crippen LogP contribution in [0.25, 0.3) is 0 Å². The third kappa shape index (κ3) is 3.80. The highest BCUT2D eigenvalue weighted by atomic mass is 32.2. The Kier molecular flexibility index (Phi) is 6.86. The molecule has 1 fully saturated rings. The number of rotatable bonds is 7. The van der Waals surface area contributed by atoms with E-state index < -0.39 is 40.6 Å². The summed E-state index contributed by atoms with van der Waals surface area (Å²) in [6.07, 6.45) is -3.30. The molecular weight excluding hydrogens is 260 g/mol. The monoisotopic (exact) mass is 283 g/mol. The molecule has 1 saturated heterocycles. The van der Waals surface area contributed by atoms with Gasteiger partial charge in [0.2, 0.25) is 0 Å². The molecule has 0 radical (unpaired) electrons. The van der Waals surface area contributed by atoms with Gasteiger partial charge in [-0.2, -0.15) is 0 Å². The van der Waals surface area contributed by atoms with Crippen LogP contribution in [0, 0.1) is 0 Å². The van der Waals surface area contributed by atoms with Crippen molar-refractivity contribution in [1.82, 2.24) is 0 Å². The molecule has 5 N–H and O–H groups in total. The van der Waals surface area contributed by atoms with Crippen LogP contribution in [0.2, 0.25) is 0 Å². The van der Waals surface area contributed by atoms with E-state index in [4.69, 9.17) is 9.84 Å². The predicted molar refractivity (Wildman–Crippen MR) is 68.5 cm³/mol. The molecule has 0 aromatic carbocycles. The Bertz CT molecular complexity index is 242. The van der Waals surface area contributed by atoms with E-state index in [2.05, 4.69) is 0 Å². The van der Waals surface area contributed by atoms with Crippen molar-refractivity contribution in [2.45, 2.75) is 36.6 Å². The number of aliphatic hydroxyl groups excluding tert-OH is 5. The van der Waals surface area contributed by atoms with E-state index >= 15 is 0 Å². The zero-order valence-electron chi connectivity index (χ0n) is 10.5. The summed E-state index contributed by atoms with van der Waals surface area (Å²) in [6, 6.07) is 0. The van der Waals surface area contributed by atoms with Crippen molar-refractivity contribution in [3.05, 3.63) is 0 Å². The number of hydrogen-bond donors (Lipinski definition) is 5. The first-order valence-corrected chi connectivity index (χ1v) is 7.71. The van der Waals surface area contributed by atoms with Crippen LogP contribution in [0.5, 0.6) is 0 Å². The van der Waals surface area contributed by atoms with Gasteiger partial charge in [0.1, 0.15) is 35.9 Å². The first-order valence-electron chi connectivity index (χ1n) is 6.08. The first kappa shape index (κ1) is 16.2. The third-order valence-electron chi connectivity index (χ3n) is 3.14. The van der Waals surface area contributed by atoms with Gasteiger partial charge in [-0.25, -0.2) is 0 Å². The molecule has 0 saturated carbocycles. The van der Waals surface area contributed by atoms with Crippen molar-refractivity contribution < 1.29 is 30.3 Å². The molecule has 0 aliphatic carbocycles. The first-order chi connectivity index (χ1) is 8.54. The fourth-order valence-electron chi connectivity index (χ4n) is 2.12. The molecule has 0 aromatic heterocycles. The SMILES string of the molecule is CCO[C@@H](CO)C(O)C[S+]1C[C@@H](O)[C@H](O)[C@H]1CO. The van der Waals surface area contributed by atoms with Crippen molar-refractivity contribution in [2.24, 2.45) is 0 Å². The standard InChI is InChI=1S/C11H23O6S/c1-2-17-9(3-12)7(14)5-18-6-8(15)11(16)10(18)4-13/h7-16H,2-6H2,1H3/q+1/t7?,8-,9+,10-,11+,18?/m1/s1. The van der Waals surface area contributed by atoms with Crippen molar-refractivity contribution in [3.8, 4) is 0 Å². The lowest BCUT2D eigenvalue weighted by Gasteiger charge is -2.21. The molecule has 0 amide bonds. The Morgan fingerprint density at radius 1 is 1.33 bits per heavy atom. The molecule has 0 bridgehead atoms. The molecule has 0 spiro atoms. The van der Waals surface area contributed by atoms with Crippen LogP contribution in [0.4, 0.5) is 0 Å². The maximum absolute atomic E-state index is 9.96. The molecule has 2 unspecified atom stereocenters. The summed E-state index contributed by atoms with van der Waals surface area (Å²) >= 11 is 0. The maximum atomic E-state index is 9.96. The van der Waals surface area contributed by atoms with E-state index in [1.807, 2.05) is 0 Å². The van der Waals surface area contributed by atoms with Gasteiger partial charge in [-0.05, 0) is 6.92 Å². The lowest BCUT2D eigenvalue weighted by molar-refractivity contribution is -0.0500. The van der Waals surface area contributed by atoms with Crippen LogP contribution in [0.15, 0.2) is 0 Å². The molecule has 0 aromatic rings. The quantitative estimate of drug-likeness (QED) is 0.329. The Balaban J connectivity index is 2.55. The second-order valence-corrected chi connectivity index (χ2v) is 6.74. The highest BCUT2D eigenvalue weighted by Crippen LogP contribution is 2.25. The van der Waals surface area contributed by atoms with Gasteiger partial charge < -0.3 is 30.3 Å². The number of aliphatic hydroxyl groups is 5. The van der Waals surface area contributed by atoms with Crippen LogP contribution in [0.3, 0.4) is 0 Å². The molecule has 1 heterocycles. The maximum Gasteiger partial charge on any atom is 0.169 e. The molecule has 1 aliphatic heterocycles. The smallest absolute Gasteiger partial charge is 0.169 e. The van der Waals surface area contributed by atoms with Crippen LogP contribution < -0.4 is 0 Å². The minimum atomic E-state index is -0.940. The fourth-order valence-corrected chi connectivity index (χ4v) is 4.82. The molecule has 6 atom stereocenters. The van der Waals surface area contributed by atoms with Gasteiger partial charge in [0.05, 0.1) is 13.2 Å². The minimum Gasteiger partial charge on any atom is -0.394 e. The largest absolute Gasteiger partial charge is 0.394 e. The normalized spacial score (nSPS) is 35.7. The van der Waals surface area contributed by atoms with E-state index in [1.165, 1.54) is 0 Å². The lowest BCUT2D eigenvalue weighted by atomic mass is 10.2. The molecule has 1 aliphatic rings. The van der Waals surface area contributed by atoms with Crippen LogP contribution in [-0.4, -0.2) is 86.5 Å². The Morgan fingerprint density at radius 3 is 2.50 bits per heavy atom. The van der Waals surface area contributed by atoms with E-state index in [9.17, 15) is 20.4 Å². The summed E-state index contributed by atoms with van der Waals surface area (Å²) in [4.78, 5) is 0. The van der Waals surface area contributed by atoms with Crippen molar-refractivity contribution in [3.63, 3.8) is 0 Å². The van der Waals surface area contributed by atoms with E-state index in [0.29, 0.717) is 18.1 Å². The van der Waals surface area contributed by atoms with Crippen molar-refractivity contribution in [2.75, 3.05) is 31.3 Å². The topological polar surface area (TPSA) is 110 Å². The van der Waals surface area contributed by atoms with Crippen LogP contribution >= 0.6 is 0 Å². The number of hydrogen-bond acceptors (Lipinski definition) is 6. The molecule has 7 heteroatoms. The van der Waals surface area contributed by atoms with Gasteiger partial charge in [-0.3, -0.25) is 0 Å². The Hall–Kier alpha value is 0.110. The second kappa shape index (κ2) is 7.64. The highest BCUT2D eigenvalue weighted by Gasteiger charge is 2.50. The van der Waals surface area contributed by atoms with E-state index in [0.717, 1.165) is 0 Å². The average molecular weight is 283 g/mol. The summed E-state index contributed by atoms with van der Waals surface area (Å²) < 4.78 is 5.20. The van der Waals surface area contributed by atoms with Gasteiger partial charge >= 0.3 is 0 Å². The predicted octanol–water partition coefficient (Wildman–Crippen LogP) is -2.54. The van der Waals surface area contributed by atoms with E-state index in [1.54, 1.807) is 6.92 Å². The highest BCUT2D eigenvalue weighted by molar-refractivity contribution is 7.97. The fraction of sp³-hybridized carbons (Fsp3) is 1.00. The third-order valence-corrected chi connectivity index (χ3v) is 5.97. The molecule has 1 rings (SSSR count). The molecule has 108 valence electrons. The van der Waals surface area contributed by atoms with Gasteiger partial charge in [0.15, 0.2) is 5.25 Å². The summed E-state index contributed by atoms with van der Waals surface area (Å²) in [6.45, 7) is 1.68. The zero-order valence-corrected chi connectivity index (χ0v) is 11.3. The second-order valence-electron chi connectivity index (χ2n) is 4.39. The molecule has 18 heavy (non-hydrogen) atoms. The van der Waals surface area contributed by atoms with Crippen molar-refractivity contribution in [1.29, 1.82) is 0 Å². The average Bonchev–Trinajstić information content (AvgIpc) is 2.61. The summed E-state index contributed by atoms with van der Waals surface area (Å²) in [5, 5.41) is 47.1. The van der Waals surface area contributed by atoms with Crippen molar-refractivity contribution >= 4 is 10.9 Å². The summed E-state index contributed by atoms with van der Waals surface area (Å²) in [7, 11) is -0.472. The zero-order chi connectivity index (χ0) is 13.7. The minimum absolute atomic E-state index is 0.216.